The number of methoxy groups -OCH3 is 1. The number of aromatic nitrogens is 1. The number of ether oxygens (including phenoxy) is 1. The predicted molar refractivity (Wildman–Crippen MR) is 56.5 cm³/mol. The van der Waals surface area contributed by atoms with Gasteiger partial charge in [-0.25, -0.2) is 4.79 Å². The number of nitrogens with zero attached hydrogens (tertiary/aromatic N) is 1. The van der Waals surface area contributed by atoms with Gasteiger partial charge in [0.2, 0.25) is 0 Å². The molecule has 0 radical (unpaired) electrons. The number of carbonyl (C=O) groups is 1. The molecule has 0 unspecified atom stereocenters. The smallest absolute Gasteiger partial charge is 0.354 e. The molecule has 82 valence electrons. The highest BCUT2D eigenvalue weighted by atomic mass is 16.5. The number of hydrogen-bond acceptors (Lipinski definition) is 3. The van der Waals surface area contributed by atoms with Crippen LogP contribution >= 0.6 is 0 Å². The van der Waals surface area contributed by atoms with Crippen LogP contribution in [0.3, 0.4) is 0 Å². The molecule has 2 rings (SSSR count). The van der Waals surface area contributed by atoms with Crippen LogP contribution in [-0.4, -0.2) is 17.6 Å². The molecule has 0 amide bonds. The number of nitrogens with two attached hydrogens (primary N) is 1. The summed E-state index contributed by atoms with van der Waals surface area (Å²) in [6.45, 7) is 0. The summed E-state index contributed by atoms with van der Waals surface area (Å²) in [5, 5.41) is 0. The number of aryl methyl sites for hydroxylation is 1. The van der Waals surface area contributed by atoms with E-state index in [4.69, 9.17) is 10.5 Å². The van der Waals surface area contributed by atoms with E-state index >= 15 is 0 Å². The third-order valence-corrected chi connectivity index (χ3v) is 3.22. The van der Waals surface area contributed by atoms with Crippen molar-refractivity contribution in [1.29, 1.82) is 0 Å². The SMILES string of the molecule is COC(=O)c1cc(C2(N)CCC2)cn1C. The van der Waals surface area contributed by atoms with Gasteiger partial charge in [-0.1, -0.05) is 0 Å². The van der Waals surface area contributed by atoms with Crippen molar-refractivity contribution in [3.05, 3.63) is 23.5 Å². The topological polar surface area (TPSA) is 57.2 Å². The van der Waals surface area contributed by atoms with Crippen LogP contribution in [0.2, 0.25) is 0 Å². The summed E-state index contributed by atoms with van der Waals surface area (Å²) in [5.41, 5.74) is 7.56. The summed E-state index contributed by atoms with van der Waals surface area (Å²) in [5.74, 6) is -0.313. The minimum atomic E-state index is -0.313. The van der Waals surface area contributed by atoms with Gasteiger partial charge in [0.1, 0.15) is 5.69 Å². The summed E-state index contributed by atoms with van der Waals surface area (Å²) >= 11 is 0. The van der Waals surface area contributed by atoms with Crippen molar-refractivity contribution in [2.45, 2.75) is 24.8 Å². The highest BCUT2D eigenvalue weighted by molar-refractivity contribution is 5.88. The second-order valence-corrected chi connectivity index (χ2v) is 4.23. The Morgan fingerprint density at radius 1 is 1.60 bits per heavy atom. The van der Waals surface area contributed by atoms with Crippen LogP contribution in [0.1, 0.15) is 35.3 Å². The Labute approximate surface area is 89.0 Å². The Morgan fingerprint density at radius 2 is 2.27 bits per heavy atom. The van der Waals surface area contributed by atoms with Gasteiger partial charge in [-0.05, 0) is 30.9 Å². The second-order valence-electron chi connectivity index (χ2n) is 4.23. The van der Waals surface area contributed by atoms with Crippen molar-refractivity contribution in [2.24, 2.45) is 12.8 Å². The van der Waals surface area contributed by atoms with E-state index in [0.29, 0.717) is 5.69 Å². The van der Waals surface area contributed by atoms with Crippen LogP contribution in [-0.2, 0) is 17.3 Å². The standard InChI is InChI=1S/C11H16N2O2/c1-13-7-8(11(12)4-3-5-11)6-9(13)10(14)15-2/h6-7H,3-5,12H2,1-2H3. The molecule has 1 fully saturated rings. The zero-order chi connectivity index (χ0) is 11.1. The summed E-state index contributed by atoms with van der Waals surface area (Å²) in [7, 11) is 3.22. The molecule has 1 aliphatic rings. The first-order valence-electron chi connectivity index (χ1n) is 5.11. The Bertz CT molecular complexity index is 391. The largest absolute Gasteiger partial charge is 0.464 e. The first-order chi connectivity index (χ1) is 7.07. The van der Waals surface area contributed by atoms with Gasteiger partial charge < -0.3 is 15.0 Å². The monoisotopic (exact) mass is 208 g/mol. The Hall–Kier alpha value is -1.29. The fraction of sp³-hybridized carbons (Fsp3) is 0.545. The minimum Gasteiger partial charge on any atom is -0.464 e. The summed E-state index contributed by atoms with van der Waals surface area (Å²) in [6.07, 6.45) is 5.08. The third-order valence-electron chi connectivity index (χ3n) is 3.22. The summed E-state index contributed by atoms with van der Waals surface area (Å²) in [6, 6.07) is 1.84. The maximum Gasteiger partial charge on any atom is 0.354 e. The molecule has 0 saturated heterocycles. The molecule has 1 saturated carbocycles. The molecule has 0 aromatic carbocycles. The number of carbonyl (C=O) groups excluding carboxylic acids is 1. The lowest BCUT2D eigenvalue weighted by Crippen LogP contribution is -2.42. The van der Waals surface area contributed by atoms with Gasteiger partial charge in [0.05, 0.1) is 7.11 Å². The van der Waals surface area contributed by atoms with E-state index in [1.807, 2.05) is 19.3 Å². The fourth-order valence-electron chi connectivity index (χ4n) is 1.99. The van der Waals surface area contributed by atoms with Gasteiger partial charge in [-0.3, -0.25) is 0 Å². The molecular weight excluding hydrogens is 192 g/mol. The van der Waals surface area contributed by atoms with Crippen molar-refractivity contribution in [2.75, 3.05) is 7.11 Å². The Balaban J connectivity index is 2.32. The summed E-state index contributed by atoms with van der Waals surface area (Å²) in [4.78, 5) is 11.4. The molecule has 1 aromatic rings. The van der Waals surface area contributed by atoms with Crippen LogP contribution in [0.25, 0.3) is 0 Å². The first-order valence-corrected chi connectivity index (χ1v) is 5.11. The van der Waals surface area contributed by atoms with Gasteiger partial charge >= 0.3 is 5.97 Å². The van der Waals surface area contributed by atoms with E-state index in [-0.39, 0.29) is 11.5 Å². The van der Waals surface area contributed by atoms with Crippen molar-refractivity contribution in [3.8, 4) is 0 Å². The lowest BCUT2D eigenvalue weighted by Gasteiger charge is -2.37. The van der Waals surface area contributed by atoms with Crippen LogP contribution in [0.5, 0.6) is 0 Å². The average Bonchev–Trinajstić information content (AvgIpc) is 2.56. The van der Waals surface area contributed by atoms with E-state index in [9.17, 15) is 4.79 Å². The zero-order valence-corrected chi connectivity index (χ0v) is 9.12. The van der Waals surface area contributed by atoms with E-state index in [1.165, 1.54) is 13.5 Å². The van der Waals surface area contributed by atoms with E-state index < -0.39 is 0 Å². The van der Waals surface area contributed by atoms with Gasteiger partial charge in [0, 0.05) is 18.8 Å². The number of esters is 1. The molecule has 15 heavy (non-hydrogen) atoms. The predicted octanol–water partition coefficient (Wildman–Crippen LogP) is 1.15. The second kappa shape index (κ2) is 3.38. The van der Waals surface area contributed by atoms with Crippen molar-refractivity contribution < 1.29 is 9.53 Å². The molecule has 4 heteroatoms. The van der Waals surface area contributed by atoms with Crippen molar-refractivity contribution in [1.82, 2.24) is 4.57 Å². The van der Waals surface area contributed by atoms with E-state index in [0.717, 1.165) is 18.4 Å². The van der Waals surface area contributed by atoms with E-state index in [1.54, 1.807) is 4.57 Å². The Morgan fingerprint density at radius 3 is 2.73 bits per heavy atom. The quantitative estimate of drug-likeness (QED) is 0.742. The molecule has 0 spiro atoms. The lowest BCUT2D eigenvalue weighted by atomic mass is 9.73. The third kappa shape index (κ3) is 1.55. The van der Waals surface area contributed by atoms with Gasteiger partial charge in [-0.15, -0.1) is 0 Å². The lowest BCUT2D eigenvalue weighted by molar-refractivity contribution is 0.0590. The van der Waals surface area contributed by atoms with Gasteiger partial charge in [-0.2, -0.15) is 0 Å². The normalized spacial score (nSPS) is 18.3. The van der Waals surface area contributed by atoms with Crippen LogP contribution in [0.4, 0.5) is 0 Å². The van der Waals surface area contributed by atoms with Crippen LogP contribution in [0.15, 0.2) is 12.3 Å². The van der Waals surface area contributed by atoms with E-state index in [2.05, 4.69) is 0 Å². The molecule has 1 aliphatic carbocycles. The molecule has 1 heterocycles. The van der Waals surface area contributed by atoms with Crippen molar-refractivity contribution in [3.63, 3.8) is 0 Å². The average molecular weight is 208 g/mol. The molecule has 0 aliphatic heterocycles. The molecule has 1 aromatic heterocycles. The minimum absolute atomic E-state index is 0.218. The zero-order valence-electron chi connectivity index (χ0n) is 9.12. The number of hydrogen-bond donors (Lipinski definition) is 1. The molecule has 4 nitrogen and oxygen atoms in total. The van der Waals surface area contributed by atoms with Gasteiger partial charge in [0.25, 0.3) is 0 Å². The highest BCUT2D eigenvalue weighted by Gasteiger charge is 2.35. The maximum atomic E-state index is 11.4. The van der Waals surface area contributed by atoms with Crippen molar-refractivity contribution >= 4 is 5.97 Å². The van der Waals surface area contributed by atoms with Gasteiger partial charge in [0.15, 0.2) is 0 Å². The fourth-order valence-corrected chi connectivity index (χ4v) is 1.99. The molecule has 0 bridgehead atoms. The number of rotatable bonds is 2. The van der Waals surface area contributed by atoms with Crippen LogP contribution < -0.4 is 5.73 Å². The Kier molecular flexibility index (Phi) is 2.31. The van der Waals surface area contributed by atoms with Crippen LogP contribution in [0, 0.1) is 0 Å². The first kappa shape index (κ1) is 10.2. The highest BCUT2D eigenvalue weighted by Crippen LogP contribution is 2.39. The maximum absolute atomic E-state index is 11.4. The molecule has 0 atom stereocenters. The molecular formula is C11H16N2O2. The molecule has 2 N–H and O–H groups in total. The summed E-state index contributed by atoms with van der Waals surface area (Å²) < 4.78 is 6.47.